The number of hydrazone groups is 1. The zero-order valence-electron chi connectivity index (χ0n) is 14.1. The summed E-state index contributed by atoms with van der Waals surface area (Å²) in [5, 5.41) is 14.5. The Morgan fingerprint density at radius 3 is 2.58 bits per heavy atom. The first-order valence-corrected chi connectivity index (χ1v) is 8.23. The fourth-order valence-electron chi connectivity index (χ4n) is 1.99. The number of hydrogen-bond donors (Lipinski definition) is 1. The molecule has 0 unspecified atom stereocenters. The summed E-state index contributed by atoms with van der Waals surface area (Å²) < 4.78 is 11.8. The molecule has 0 heterocycles. The summed E-state index contributed by atoms with van der Waals surface area (Å²) in [6, 6.07) is 9.54. The van der Waals surface area contributed by atoms with Crippen molar-refractivity contribution in [3.63, 3.8) is 0 Å². The summed E-state index contributed by atoms with van der Waals surface area (Å²) in [5.41, 5.74) is 3.82. The van der Waals surface area contributed by atoms with E-state index in [1.54, 1.807) is 24.3 Å². The van der Waals surface area contributed by atoms with Crippen LogP contribution in [0.25, 0.3) is 0 Å². The van der Waals surface area contributed by atoms with Gasteiger partial charge in [0.25, 0.3) is 5.69 Å². The van der Waals surface area contributed by atoms with Crippen molar-refractivity contribution in [2.45, 2.75) is 13.5 Å². The number of rotatable bonds is 7. The zero-order chi connectivity index (χ0) is 19.1. The highest BCUT2D eigenvalue weighted by molar-refractivity contribution is 9.10. The molecule has 0 aromatic heterocycles. The smallest absolute Gasteiger partial charge is 0.269 e. The third-order valence-electron chi connectivity index (χ3n) is 3.25. The Hall–Kier alpha value is -2.94. The van der Waals surface area contributed by atoms with Gasteiger partial charge in [-0.15, -0.1) is 0 Å². The highest BCUT2D eigenvalue weighted by Gasteiger charge is 2.10. The average molecular weight is 422 g/mol. The molecule has 2 rings (SSSR count). The van der Waals surface area contributed by atoms with E-state index in [1.807, 2.05) is 0 Å². The summed E-state index contributed by atoms with van der Waals surface area (Å²) in [4.78, 5) is 21.1. The molecule has 1 N–H and O–H groups in total. The summed E-state index contributed by atoms with van der Waals surface area (Å²) in [6.07, 6.45) is 1.48. The molecule has 9 heteroatoms. The van der Waals surface area contributed by atoms with Crippen LogP contribution >= 0.6 is 15.9 Å². The molecule has 0 fully saturated rings. The van der Waals surface area contributed by atoms with Crippen LogP contribution in [0.3, 0.4) is 0 Å². The van der Waals surface area contributed by atoms with E-state index >= 15 is 0 Å². The Labute approximate surface area is 158 Å². The molecule has 2 aromatic carbocycles. The topological polar surface area (TPSA) is 103 Å². The van der Waals surface area contributed by atoms with Crippen molar-refractivity contribution in [3.05, 3.63) is 62.1 Å². The summed E-state index contributed by atoms with van der Waals surface area (Å²) in [7, 11) is 1.51. The Morgan fingerprint density at radius 1 is 1.31 bits per heavy atom. The molecule has 0 saturated carbocycles. The second kappa shape index (κ2) is 8.95. The molecule has 0 aliphatic rings. The number of halogens is 1. The van der Waals surface area contributed by atoms with Crippen molar-refractivity contribution >= 4 is 33.7 Å². The van der Waals surface area contributed by atoms with Crippen LogP contribution in [0.4, 0.5) is 5.69 Å². The average Bonchev–Trinajstić information content (AvgIpc) is 2.61. The maximum atomic E-state index is 10.9. The molecule has 0 bridgehead atoms. The highest BCUT2D eigenvalue weighted by Crippen LogP contribution is 2.33. The number of carbonyl (C=O) groups excluding carboxylic acids is 1. The van der Waals surface area contributed by atoms with Gasteiger partial charge in [-0.1, -0.05) is 0 Å². The largest absolute Gasteiger partial charge is 0.493 e. The van der Waals surface area contributed by atoms with E-state index < -0.39 is 4.92 Å². The van der Waals surface area contributed by atoms with Crippen LogP contribution in [-0.4, -0.2) is 24.2 Å². The van der Waals surface area contributed by atoms with Crippen LogP contribution in [0.5, 0.6) is 11.5 Å². The molecule has 0 aliphatic heterocycles. The molecular formula is C17H16BrN3O5. The van der Waals surface area contributed by atoms with Crippen LogP contribution in [0.2, 0.25) is 0 Å². The van der Waals surface area contributed by atoms with Gasteiger partial charge in [-0.05, 0) is 45.8 Å². The van der Waals surface area contributed by atoms with Gasteiger partial charge in [0, 0.05) is 29.1 Å². The standard InChI is InChI=1S/C17H16BrN3O5/c1-11(22)20-19-9-13-7-16(25-2)17(8-15(13)18)26-10-12-3-5-14(6-4-12)21(23)24/h3-9H,10H2,1-2H3,(H,20,22)/b19-9+. The minimum atomic E-state index is -0.452. The van der Waals surface area contributed by atoms with Crippen LogP contribution in [-0.2, 0) is 11.4 Å². The molecule has 1 amide bonds. The number of nitrogens with one attached hydrogen (secondary N) is 1. The van der Waals surface area contributed by atoms with E-state index in [-0.39, 0.29) is 18.2 Å². The van der Waals surface area contributed by atoms with E-state index in [1.165, 1.54) is 32.4 Å². The van der Waals surface area contributed by atoms with Crippen molar-refractivity contribution in [2.24, 2.45) is 5.10 Å². The van der Waals surface area contributed by atoms with Crippen molar-refractivity contribution in [1.29, 1.82) is 0 Å². The maximum Gasteiger partial charge on any atom is 0.269 e. The quantitative estimate of drug-likeness (QED) is 0.419. The zero-order valence-corrected chi connectivity index (χ0v) is 15.6. The summed E-state index contributed by atoms with van der Waals surface area (Å²) >= 11 is 3.41. The normalized spacial score (nSPS) is 10.6. The Balaban J connectivity index is 2.13. The molecular weight excluding hydrogens is 406 g/mol. The van der Waals surface area contributed by atoms with E-state index in [2.05, 4.69) is 26.5 Å². The number of benzene rings is 2. The minimum absolute atomic E-state index is 0.0249. The number of nitro groups is 1. The van der Waals surface area contributed by atoms with E-state index in [0.29, 0.717) is 21.5 Å². The molecule has 26 heavy (non-hydrogen) atoms. The monoisotopic (exact) mass is 421 g/mol. The van der Waals surface area contributed by atoms with Crippen LogP contribution in [0, 0.1) is 10.1 Å². The predicted octanol–water partition coefficient (Wildman–Crippen LogP) is 3.41. The second-order valence-corrected chi connectivity index (χ2v) is 6.02. The Kier molecular flexibility index (Phi) is 6.67. The Morgan fingerprint density at radius 2 is 2.00 bits per heavy atom. The van der Waals surface area contributed by atoms with Gasteiger partial charge in [-0.25, -0.2) is 5.43 Å². The number of amides is 1. The first-order chi connectivity index (χ1) is 12.4. The van der Waals surface area contributed by atoms with Gasteiger partial charge in [0.15, 0.2) is 11.5 Å². The second-order valence-electron chi connectivity index (χ2n) is 5.16. The number of ether oxygens (including phenoxy) is 2. The van der Waals surface area contributed by atoms with Gasteiger partial charge >= 0.3 is 0 Å². The molecule has 0 radical (unpaired) electrons. The van der Waals surface area contributed by atoms with Gasteiger partial charge in [0.05, 0.1) is 18.2 Å². The van der Waals surface area contributed by atoms with E-state index in [4.69, 9.17) is 9.47 Å². The lowest BCUT2D eigenvalue weighted by Gasteiger charge is -2.12. The number of nitro benzene ring substituents is 1. The van der Waals surface area contributed by atoms with Gasteiger partial charge in [-0.2, -0.15) is 5.10 Å². The number of hydrogen-bond acceptors (Lipinski definition) is 6. The van der Waals surface area contributed by atoms with Crippen molar-refractivity contribution < 1.29 is 19.2 Å². The SMILES string of the molecule is COc1cc(/C=N/NC(C)=O)c(Br)cc1OCc1ccc([N+](=O)[O-])cc1. The number of carbonyl (C=O) groups is 1. The van der Waals surface area contributed by atoms with Crippen molar-refractivity contribution in [2.75, 3.05) is 7.11 Å². The number of methoxy groups -OCH3 is 1. The lowest BCUT2D eigenvalue weighted by molar-refractivity contribution is -0.384. The van der Waals surface area contributed by atoms with Gasteiger partial charge < -0.3 is 9.47 Å². The fraction of sp³-hybridized carbons (Fsp3) is 0.176. The fourth-order valence-corrected chi connectivity index (χ4v) is 2.41. The summed E-state index contributed by atoms with van der Waals surface area (Å²) in [6.45, 7) is 1.59. The molecule has 0 saturated heterocycles. The van der Waals surface area contributed by atoms with Crippen LogP contribution in [0.15, 0.2) is 46.0 Å². The summed E-state index contributed by atoms with van der Waals surface area (Å²) in [5.74, 6) is 0.709. The molecule has 8 nitrogen and oxygen atoms in total. The van der Waals surface area contributed by atoms with Gasteiger partial charge in [0.2, 0.25) is 5.91 Å². The lowest BCUT2D eigenvalue weighted by Crippen LogP contribution is -2.12. The molecule has 136 valence electrons. The highest BCUT2D eigenvalue weighted by atomic mass is 79.9. The molecule has 0 atom stereocenters. The third-order valence-corrected chi connectivity index (χ3v) is 3.94. The van der Waals surface area contributed by atoms with Crippen molar-refractivity contribution in [1.82, 2.24) is 5.43 Å². The van der Waals surface area contributed by atoms with Crippen molar-refractivity contribution in [3.8, 4) is 11.5 Å². The van der Waals surface area contributed by atoms with Gasteiger partial charge in [-0.3, -0.25) is 14.9 Å². The molecule has 2 aromatic rings. The van der Waals surface area contributed by atoms with E-state index in [9.17, 15) is 14.9 Å². The lowest BCUT2D eigenvalue weighted by atomic mass is 10.2. The van der Waals surface area contributed by atoms with Crippen LogP contribution < -0.4 is 14.9 Å². The minimum Gasteiger partial charge on any atom is -0.493 e. The molecule has 0 spiro atoms. The van der Waals surface area contributed by atoms with Crippen LogP contribution in [0.1, 0.15) is 18.1 Å². The number of nitrogens with zero attached hydrogens (tertiary/aromatic N) is 2. The van der Waals surface area contributed by atoms with Gasteiger partial charge in [0.1, 0.15) is 6.61 Å². The maximum absolute atomic E-state index is 10.9. The predicted molar refractivity (Wildman–Crippen MR) is 99.5 cm³/mol. The van der Waals surface area contributed by atoms with E-state index in [0.717, 1.165) is 5.56 Å². The Bertz CT molecular complexity index is 837. The first-order valence-electron chi connectivity index (χ1n) is 7.44. The first kappa shape index (κ1) is 19.4. The number of non-ortho nitro benzene ring substituents is 1. The molecule has 0 aliphatic carbocycles. The third kappa shape index (κ3) is 5.28.